The van der Waals surface area contributed by atoms with Crippen molar-refractivity contribution in [1.29, 1.82) is 0 Å². The van der Waals surface area contributed by atoms with E-state index in [1.54, 1.807) is 25.1 Å². The number of ketones is 1. The number of rotatable bonds is 3. The van der Waals surface area contributed by atoms with Crippen LogP contribution in [0, 0.1) is 0 Å². The number of carbonyl (C=O) groups is 2. The summed E-state index contributed by atoms with van der Waals surface area (Å²) in [5.74, 6) is 0.603. The summed E-state index contributed by atoms with van der Waals surface area (Å²) in [4.78, 5) is 24.6. The minimum absolute atomic E-state index is 0.0307. The van der Waals surface area contributed by atoms with Gasteiger partial charge in [0.05, 0.1) is 11.7 Å². The molecule has 5 heteroatoms. The van der Waals surface area contributed by atoms with Gasteiger partial charge < -0.3 is 15.0 Å². The van der Waals surface area contributed by atoms with Crippen molar-refractivity contribution in [2.45, 2.75) is 13.0 Å². The van der Waals surface area contributed by atoms with Crippen LogP contribution in [0.5, 0.6) is 5.75 Å². The second-order valence-electron chi connectivity index (χ2n) is 4.30. The van der Waals surface area contributed by atoms with E-state index in [1.165, 1.54) is 6.92 Å². The van der Waals surface area contributed by atoms with E-state index in [0.29, 0.717) is 11.4 Å². The molecule has 1 aliphatic rings. The molecule has 0 bridgehead atoms. The predicted octanol–water partition coefficient (Wildman–Crippen LogP) is 0.891. The molecule has 0 saturated heterocycles. The summed E-state index contributed by atoms with van der Waals surface area (Å²) in [6.45, 7) is 1.59. The van der Waals surface area contributed by atoms with Crippen LogP contribution in [0.25, 0.3) is 0 Å². The average Bonchev–Trinajstić information content (AvgIpc) is 2.35. The van der Waals surface area contributed by atoms with Crippen molar-refractivity contribution in [3.63, 3.8) is 0 Å². The van der Waals surface area contributed by atoms with Crippen molar-refractivity contribution in [1.82, 2.24) is 5.32 Å². The normalized spacial score (nSPS) is 15.9. The van der Waals surface area contributed by atoms with E-state index < -0.39 is 0 Å². The van der Waals surface area contributed by atoms with Crippen LogP contribution in [0.2, 0.25) is 0 Å². The number of likely N-dealkylation sites (N-methyl/N-ethyl adjacent to an activating group) is 2. The maximum Gasteiger partial charge on any atom is 0.264 e. The number of nitrogens with one attached hydrogen (secondary N) is 1. The van der Waals surface area contributed by atoms with Crippen LogP contribution in [0.4, 0.5) is 5.69 Å². The van der Waals surface area contributed by atoms with E-state index in [1.807, 2.05) is 12.1 Å². The third-order valence-electron chi connectivity index (χ3n) is 3.10. The Balaban J connectivity index is 2.42. The van der Waals surface area contributed by atoms with Gasteiger partial charge in [-0.05, 0) is 31.7 Å². The molecule has 0 saturated carbocycles. The smallest absolute Gasteiger partial charge is 0.264 e. The predicted molar refractivity (Wildman–Crippen MR) is 67.8 cm³/mol. The van der Waals surface area contributed by atoms with Gasteiger partial charge in [-0.3, -0.25) is 9.59 Å². The topological polar surface area (TPSA) is 58.6 Å². The summed E-state index contributed by atoms with van der Waals surface area (Å²) in [6, 6.07) is 5.08. The van der Waals surface area contributed by atoms with Crippen LogP contribution < -0.4 is 15.0 Å². The lowest BCUT2D eigenvalue weighted by Crippen LogP contribution is -2.35. The minimum atomic E-state index is -0.360. The van der Waals surface area contributed by atoms with Crippen LogP contribution >= 0.6 is 0 Å². The standard InChI is InChI=1S/C13H16N2O3/c1-8(16)13(14-2)9-4-5-11-10(6-9)15(3)12(17)7-18-11/h4-6,13-14H,7H2,1-3H3. The largest absolute Gasteiger partial charge is 0.482 e. The van der Waals surface area contributed by atoms with Gasteiger partial charge in [-0.2, -0.15) is 0 Å². The molecule has 2 rings (SSSR count). The lowest BCUT2D eigenvalue weighted by atomic mass is 10.0. The van der Waals surface area contributed by atoms with Gasteiger partial charge in [0.2, 0.25) is 0 Å². The molecule has 0 aliphatic carbocycles. The summed E-state index contributed by atoms with van der Waals surface area (Å²) in [6.07, 6.45) is 0. The summed E-state index contributed by atoms with van der Waals surface area (Å²) >= 11 is 0. The molecule has 5 nitrogen and oxygen atoms in total. The number of nitrogens with zero attached hydrogens (tertiary/aromatic N) is 1. The number of Topliss-reactive ketones (excluding diaryl/α,β-unsaturated/α-hetero) is 1. The molecular formula is C13H16N2O3. The highest BCUT2D eigenvalue weighted by Gasteiger charge is 2.24. The molecule has 1 atom stereocenters. The number of hydrogen-bond acceptors (Lipinski definition) is 4. The lowest BCUT2D eigenvalue weighted by Gasteiger charge is -2.27. The average molecular weight is 248 g/mol. The van der Waals surface area contributed by atoms with Crippen molar-refractivity contribution < 1.29 is 14.3 Å². The van der Waals surface area contributed by atoms with Crippen molar-refractivity contribution in [3.05, 3.63) is 23.8 Å². The van der Waals surface area contributed by atoms with E-state index in [4.69, 9.17) is 4.74 Å². The van der Waals surface area contributed by atoms with E-state index >= 15 is 0 Å². The van der Waals surface area contributed by atoms with Gasteiger partial charge in [0, 0.05) is 7.05 Å². The van der Waals surface area contributed by atoms with E-state index in [9.17, 15) is 9.59 Å². The quantitative estimate of drug-likeness (QED) is 0.863. The van der Waals surface area contributed by atoms with E-state index in [-0.39, 0.29) is 24.3 Å². The molecule has 96 valence electrons. The van der Waals surface area contributed by atoms with Gasteiger partial charge >= 0.3 is 0 Å². The van der Waals surface area contributed by atoms with Crippen molar-refractivity contribution in [2.75, 3.05) is 25.6 Å². The first kappa shape index (κ1) is 12.6. The zero-order chi connectivity index (χ0) is 13.3. The van der Waals surface area contributed by atoms with Gasteiger partial charge in [-0.1, -0.05) is 6.07 Å². The van der Waals surface area contributed by atoms with Gasteiger partial charge in [0.25, 0.3) is 5.91 Å². The summed E-state index contributed by atoms with van der Waals surface area (Å²) in [7, 11) is 3.44. The molecule has 1 aromatic rings. The zero-order valence-corrected chi connectivity index (χ0v) is 10.7. The Hall–Kier alpha value is -1.88. The van der Waals surface area contributed by atoms with Gasteiger partial charge in [-0.15, -0.1) is 0 Å². The van der Waals surface area contributed by atoms with Gasteiger partial charge in [0.1, 0.15) is 5.75 Å². The van der Waals surface area contributed by atoms with Crippen molar-refractivity contribution in [2.24, 2.45) is 0 Å². The fraction of sp³-hybridized carbons (Fsp3) is 0.385. The van der Waals surface area contributed by atoms with Crippen LogP contribution in [0.3, 0.4) is 0 Å². The molecule has 1 amide bonds. The number of ether oxygens (including phenoxy) is 1. The van der Waals surface area contributed by atoms with Crippen molar-refractivity contribution >= 4 is 17.4 Å². The van der Waals surface area contributed by atoms with Crippen molar-refractivity contribution in [3.8, 4) is 5.75 Å². The molecule has 1 N–H and O–H groups in total. The monoisotopic (exact) mass is 248 g/mol. The highest BCUT2D eigenvalue weighted by molar-refractivity contribution is 5.97. The minimum Gasteiger partial charge on any atom is -0.482 e. The molecule has 1 aromatic carbocycles. The molecule has 0 aromatic heterocycles. The Morgan fingerprint density at radius 1 is 1.50 bits per heavy atom. The first-order chi connectivity index (χ1) is 8.54. The highest BCUT2D eigenvalue weighted by atomic mass is 16.5. The second kappa shape index (κ2) is 4.78. The fourth-order valence-corrected chi connectivity index (χ4v) is 2.07. The first-order valence-corrected chi connectivity index (χ1v) is 5.75. The zero-order valence-electron chi connectivity index (χ0n) is 10.7. The third-order valence-corrected chi connectivity index (χ3v) is 3.10. The van der Waals surface area contributed by atoms with Crippen LogP contribution in [0.1, 0.15) is 18.5 Å². The lowest BCUT2D eigenvalue weighted by molar-refractivity contribution is -0.121. The SMILES string of the molecule is CNC(C(C)=O)c1ccc2c(c1)N(C)C(=O)CO2. The Morgan fingerprint density at radius 3 is 2.83 bits per heavy atom. The Kier molecular flexibility index (Phi) is 3.34. The Bertz CT molecular complexity index is 499. The maximum atomic E-state index is 11.6. The number of hydrogen-bond donors (Lipinski definition) is 1. The van der Waals surface area contributed by atoms with Crippen LogP contribution in [-0.4, -0.2) is 32.4 Å². The van der Waals surface area contributed by atoms with Crippen LogP contribution in [-0.2, 0) is 9.59 Å². The fourth-order valence-electron chi connectivity index (χ4n) is 2.07. The third kappa shape index (κ3) is 2.09. The number of anilines is 1. The van der Waals surface area contributed by atoms with Crippen LogP contribution in [0.15, 0.2) is 18.2 Å². The van der Waals surface area contributed by atoms with E-state index in [0.717, 1.165) is 5.56 Å². The molecule has 1 unspecified atom stereocenters. The number of amides is 1. The second-order valence-corrected chi connectivity index (χ2v) is 4.30. The molecule has 18 heavy (non-hydrogen) atoms. The summed E-state index contributed by atoms with van der Waals surface area (Å²) in [5, 5.41) is 2.96. The molecular weight excluding hydrogens is 232 g/mol. The molecule has 1 heterocycles. The summed E-state index contributed by atoms with van der Waals surface area (Å²) in [5.41, 5.74) is 1.53. The molecule has 0 fully saturated rings. The Morgan fingerprint density at radius 2 is 2.22 bits per heavy atom. The van der Waals surface area contributed by atoms with Gasteiger partial charge in [-0.25, -0.2) is 0 Å². The molecule has 0 spiro atoms. The number of carbonyl (C=O) groups excluding carboxylic acids is 2. The number of benzene rings is 1. The Labute approximate surface area is 106 Å². The van der Waals surface area contributed by atoms with Gasteiger partial charge in [0.15, 0.2) is 12.4 Å². The van der Waals surface area contributed by atoms with E-state index in [2.05, 4.69) is 5.32 Å². The molecule has 0 radical (unpaired) electrons. The molecule has 1 aliphatic heterocycles. The maximum absolute atomic E-state index is 11.6. The number of fused-ring (bicyclic) bond motifs is 1. The summed E-state index contributed by atoms with van der Waals surface area (Å²) < 4.78 is 5.34. The highest BCUT2D eigenvalue weighted by Crippen LogP contribution is 2.33. The first-order valence-electron chi connectivity index (χ1n) is 5.75.